The summed E-state index contributed by atoms with van der Waals surface area (Å²) in [6, 6.07) is 4.94. The fraction of sp³-hybridized carbons (Fsp3) is 0.704. The zero-order valence-electron chi connectivity index (χ0n) is 19.7. The fourth-order valence-electron chi connectivity index (χ4n) is 4.39. The van der Waals surface area contributed by atoms with Crippen molar-refractivity contribution in [2.24, 2.45) is 0 Å². The highest BCUT2D eigenvalue weighted by Gasteiger charge is 2.13. The smallest absolute Gasteiger partial charge is 0.147 e. The Hall–Kier alpha value is -1.39. The molecule has 31 heavy (non-hydrogen) atoms. The van der Waals surface area contributed by atoms with Crippen LogP contribution in [-0.4, -0.2) is 16.6 Å². The predicted molar refractivity (Wildman–Crippen MR) is 131 cm³/mol. The van der Waals surface area contributed by atoms with Gasteiger partial charge in [0.25, 0.3) is 0 Å². The summed E-state index contributed by atoms with van der Waals surface area (Å²) in [4.78, 5) is 2.92. The Labute approximate surface area is 189 Å². The standard InChI is InChI=1S/C27H45FN2O/c1-2-3-4-5-6-7-8-9-10-11-12-13-14-15-16-17-21-29-27(31)24-22-30-26-23(24)19-18-20-25(26)28/h18-20,22,27,29-31H,2-17,21H2,1H3. The lowest BCUT2D eigenvalue weighted by atomic mass is 10.0. The zero-order chi connectivity index (χ0) is 22.2. The SMILES string of the molecule is CCCCCCCCCCCCCCCCCCNC(O)c1c[nH]c2c(F)cccc12. The van der Waals surface area contributed by atoms with Gasteiger partial charge >= 0.3 is 0 Å². The maximum atomic E-state index is 13.7. The van der Waals surface area contributed by atoms with Crippen LogP contribution in [0.5, 0.6) is 0 Å². The van der Waals surface area contributed by atoms with Crippen molar-refractivity contribution in [1.29, 1.82) is 0 Å². The molecule has 0 aliphatic heterocycles. The molecule has 1 heterocycles. The van der Waals surface area contributed by atoms with Gasteiger partial charge in [0.15, 0.2) is 0 Å². The van der Waals surface area contributed by atoms with Gasteiger partial charge in [-0.25, -0.2) is 4.39 Å². The number of para-hydroxylation sites is 1. The summed E-state index contributed by atoms with van der Waals surface area (Å²) in [6.45, 7) is 3.06. The number of aromatic nitrogens is 1. The molecule has 1 unspecified atom stereocenters. The van der Waals surface area contributed by atoms with Gasteiger partial charge in [-0.05, 0) is 19.0 Å². The van der Waals surface area contributed by atoms with Gasteiger partial charge in [0, 0.05) is 17.1 Å². The van der Waals surface area contributed by atoms with Gasteiger partial charge in [0.05, 0.1) is 5.52 Å². The van der Waals surface area contributed by atoms with Crippen LogP contribution in [0.2, 0.25) is 0 Å². The van der Waals surface area contributed by atoms with Crippen LogP contribution in [0, 0.1) is 5.82 Å². The number of aliphatic hydroxyl groups is 1. The molecule has 0 fully saturated rings. The Morgan fingerprint density at radius 3 is 1.87 bits per heavy atom. The highest BCUT2D eigenvalue weighted by molar-refractivity contribution is 5.83. The van der Waals surface area contributed by atoms with Crippen molar-refractivity contribution in [2.75, 3.05) is 6.54 Å². The predicted octanol–water partition coefficient (Wildman–Crippen LogP) is 8.15. The number of H-pyrrole nitrogens is 1. The highest BCUT2D eigenvalue weighted by Crippen LogP contribution is 2.24. The third-order valence-corrected chi connectivity index (χ3v) is 6.36. The van der Waals surface area contributed by atoms with Crippen LogP contribution < -0.4 is 5.32 Å². The van der Waals surface area contributed by atoms with Crippen LogP contribution in [0.25, 0.3) is 10.9 Å². The number of aromatic amines is 1. The van der Waals surface area contributed by atoms with E-state index < -0.39 is 6.23 Å². The summed E-state index contributed by atoms with van der Waals surface area (Å²) < 4.78 is 13.7. The van der Waals surface area contributed by atoms with Gasteiger partial charge in [-0.3, -0.25) is 5.32 Å². The van der Waals surface area contributed by atoms with E-state index in [0.717, 1.165) is 18.4 Å². The second kappa shape index (κ2) is 16.3. The van der Waals surface area contributed by atoms with Crippen molar-refractivity contribution in [3.05, 3.63) is 35.8 Å². The van der Waals surface area contributed by atoms with E-state index in [-0.39, 0.29) is 5.82 Å². The maximum Gasteiger partial charge on any atom is 0.147 e. The van der Waals surface area contributed by atoms with Crippen molar-refractivity contribution in [2.45, 2.75) is 116 Å². The molecule has 3 N–H and O–H groups in total. The van der Waals surface area contributed by atoms with Crippen molar-refractivity contribution >= 4 is 10.9 Å². The van der Waals surface area contributed by atoms with Gasteiger partial charge in [-0.1, -0.05) is 115 Å². The van der Waals surface area contributed by atoms with E-state index in [1.165, 1.54) is 102 Å². The summed E-state index contributed by atoms with van der Waals surface area (Å²) in [6.07, 6.45) is 22.7. The highest BCUT2D eigenvalue weighted by atomic mass is 19.1. The molecule has 0 radical (unpaired) electrons. The molecule has 0 amide bonds. The summed E-state index contributed by atoms with van der Waals surface area (Å²) in [5.74, 6) is -0.284. The molecule has 2 aromatic rings. The molecular weight excluding hydrogens is 387 g/mol. The first-order valence-corrected chi connectivity index (χ1v) is 12.9. The van der Waals surface area contributed by atoms with E-state index in [1.54, 1.807) is 12.3 Å². The number of unbranched alkanes of at least 4 members (excludes halogenated alkanes) is 15. The minimum Gasteiger partial charge on any atom is -0.374 e. The molecule has 3 nitrogen and oxygen atoms in total. The van der Waals surface area contributed by atoms with E-state index in [1.807, 2.05) is 6.07 Å². The number of benzene rings is 1. The maximum absolute atomic E-state index is 13.7. The fourth-order valence-corrected chi connectivity index (χ4v) is 4.39. The summed E-state index contributed by atoms with van der Waals surface area (Å²) >= 11 is 0. The monoisotopic (exact) mass is 432 g/mol. The van der Waals surface area contributed by atoms with E-state index in [4.69, 9.17) is 0 Å². The lowest BCUT2D eigenvalue weighted by Gasteiger charge is -2.12. The van der Waals surface area contributed by atoms with Gasteiger partial charge in [-0.15, -0.1) is 0 Å². The second-order valence-corrected chi connectivity index (χ2v) is 9.07. The molecule has 0 saturated carbocycles. The first kappa shape index (κ1) is 25.9. The number of rotatable bonds is 19. The number of nitrogens with one attached hydrogen (secondary N) is 2. The molecule has 2 rings (SSSR count). The summed E-state index contributed by atoms with van der Waals surface area (Å²) in [5.41, 5.74) is 1.17. The van der Waals surface area contributed by atoms with Crippen LogP contribution in [0.15, 0.2) is 24.4 Å². The number of hydrogen-bond acceptors (Lipinski definition) is 2. The first-order chi connectivity index (χ1) is 15.2. The minimum atomic E-state index is -0.758. The summed E-state index contributed by atoms with van der Waals surface area (Å²) in [7, 11) is 0. The molecule has 0 bridgehead atoms. The van der Waals surface area contributed by atoms with Crippen molar-refractivity contribution in [3.8, 4) is 0 Å². The lowest BCUT2D eigenvalue weighted by Crippen LogP contribution is -2.21. The van der Waals surface area contributed by atoms with Gasteiger partial charge < -0.3 is 10.1 Å². The molecule has 0 aliphatic rings. The molecule has 4 heteroatoms. The van der Waals surface area contributed by atoms with E-state index in [9.17, 15) is 9.50 Å². The van der Waals surface area contributed by atoms with Crippen molar-refractivity contribution < 1.29 is 9.50 Å². The van der Waals surface area contributed by atoms with Crippen LogP contribution in [0.3, 0.4) is 0 Å². The number of hydrogen-bond donors (Lipinski definition) is 3. The molecule has 0 saturated heterocycles. The van der Waals surface area contributed by atoms with Gasteiger partial charge in [0.1, 0.15) is 12.0 Å². The van der Waals surface area contributed by atoms with Crippen molar-refractivity contribution in [3.63, 3.8) is 0 Å². The number of halogens is 1. The average molecular weight is 433 g/mol. The quantitative estimate of drug-likeness (QED) is 0.155. The van der Waals surface area contributed by atoms with Crippen LogP contribution in [0.1, 0.15) is 121 Å². The summed E-state index contributed by atoms with van der Waals surface area (Å²) in [5, 5.41) is 14.3. The molecule has 1 atom stereocenters. The Kier molecular flexibility index (Phi) is 13.6. The Bertz CT molecular complexity index is 700. The van der Waals surface area contributed by atoms with Crippen molar-refractivity contribution in [1.82, 2.24) is 10.3 Å². The van der Waals surface area contributed by atoms with Crippen LogP contribution in [0.4, 0.5) is 4.39 Å². The zero-order valence-corrected chi connectivity index (χ0v) is 19.7. The third-order valence-electron chi connectivity index (χ3n) is 6.36. The largest absolute Gasteiger partial charge is 0.374 e. The van der Waals surface area contributed by atoms with Crippen LogP contribution in [-0.2, 0) is 0 Å². The van der Waals surface area contributed by atoms with Crippen LogP contribution >= 0.6 is 0 Å². The molecule has 1 aromatic carbocycles. The topological polar surface area (TPSA) is 48.0 Å². The first-order valence-electron chi connectivity index (χ1n) is 12.9. The Morgan fingerprint density at radius 1 is 0.806 bits per heavy atom. The minimum absolute atomic E-state index is 0.284. The normalized spacial score (nSPS) is 12.6. The molecule has 0 spiro atoms. The third kappa shape index (κ3) is 10.2. The second-order valence-electron chi connectivity index (χ2n) is 9.07. The van der Waals surface area contributed by atoms with E-state index in [2.05, 4.69) is 17.2 Å². The number of fused-ring (bicyclic) bond motifs is 1. The Balaban J connectivity index is 1.38. The van der Waals surface area contributed by atoms with E-state index in [0.29, 0.717) is 11.1 Å². The Morgan fingerprint density at radius 2 is 1.32 bits per heavy atom. The molecule has 1 aromatic heterocycles. The number of aliphatic hydroxyl groups excluding tert-OH is 1. The average Bonchev–Trinajstić information content (AvgIpc) is 3.21. The van der Waals surface area contributed by atoms with Gasteiger partial charge in [0.2, 0.25) is 0 Å². The lowest BCUT2D eigenvalue weighted by molar-refractivity contribution is 0.140. The molecular formula is C27H45FN2O. The van der Waals surface area contributed by atoms with Gasteiger partial charge in [-0.2, -0.15) is 0 Å². The van der Waals surface area contributed by atoms with E-state index >= 15 is 0 Å². The molecule has 0 aliphatic carbocycles. The molecule has 176 valence electrons.